The minimum absolute atomic E-state index is 0.206. The van der Waals surface area contributed by atoms with Crippen LogP contribution < -0.4 is 10.6 Å². The Morgan fingerprint density at radius 3 is 2.56 bits per heavy atom. The molecule has 0 spiro atoms. The molecule has 0 aliphatic carbocycles. The van der Waals surface area contributed by atoms with Gasteiger partial charge in [0.2, 0.25) is 5.91 Å². The molecule has 0 aliphatic rings. The molecule has 0 aromatic heterocycles. The minimum atomic E-state index is -0.693. The van der Waals surface area contributed by atoms with Crippen LogP contribution in [-0.4, -0.2) is 37.7 Å². The van der Waals surface area contributed by atoms with Gasteiger partial charge in [-0.3, -0.25) is 4.79 Å². The van der Waals surface area contributed by atoms with E-state index in [1.807, 2.05) is 30.3 Å². The van der Waals surface area contributed by atoms with Crippen molar-refractivity contribution < 1.29 is 23.9 Å². The van der Waals surface area contributed by atoms with Crippen molar-refractivity contribution in [3.8, 4) is 0 Å². The number of alkyl carbamates (subject to hydrolysis) is 1. The highest BCUT2D eigenvalue weighted by molar-refractivity contribution is 5.84. The molecular formula is C20H28N2O5. The summed E-state index contributed by atoms with van der Waals surface area (Å²) in [6.07, 6.45) is 3.91. The first-order valence-electron chi connectivity index (χ1n) is 8.99. The number of benzene rings is 1. The summed E-state index contributed by atoms with van der Waals surface area (Å²) >= 11 is 0. The molecule has 2 N–H and O–H groups in total. The quantitative estimate of drug-likeness (QED) is 0.332. The number of amides is 2. The first-order valence-corrected chi connectivity index (χ1v) is 8.99. The fourth-order valence-corrected chi connectivity index (χ4v) is 2.34. The first-order chi connectivity index (χ1) is 13.1. The number of unbranched alkanes of at least 4 members (excludes halogenated alkanes) is 2. The molecule has 7 nitrogen and oxygen atoms in total. The molecule has 27 heavy (non-hydrogen) atoms. The molecule has 1 aromatic carbocycles. The third-order valence-corrected chi connectivity index (χ3v) is 3.79. The second-order valence-corrected chi connectivity index (χ2v) is 5.97. The van der Waals surface area contributed by atoms with E-state index >= 15 is 0 Å². The summed E-state index contributed by atoms with van der Waals surface area (Å²) < 4.78 is 9.75. The smallest absolute Gasteiger partial charge is 0.407 e. The van der Waals surface area contributed by atoms with Gasteiger partial charge in [-0.05, 0) is 24.8 Å². The Morgan fingerprint density at radius 1 is 1.15 bits per heavy atom. The zero-order chi connectivity index (χ0) is 19.9. The van der Waals surface area contributed by atoms with Gasteiger partial charge in [-0.25, -0.2) is 9.59 Å². The van der Waals surface area contributed by atoms with Crippen LogP contribution in [0.4, 0.5) is 4.79 Å². The zero-order valence-electron chi connectivity index (χ0n) is 15.7. The number of ether oxygens (including phenoxy) is 2. The van der Waals surface area contributed by atoms with Crippen LogP contribution in [0.25, 0.3) is 0 Å². The van der Waals surface area contributed by atoms with Crippen molar-refractivity contribution in [2.45, 2.75) is 44.8 Å². The number of esters is 1. The summed E-state index contributed by atoms with van der Waals surface area (Å²) in [5, 5.41) is 5.31. The van der Waals surface area contributed by atoms with Crippen LogP contribution in [0.3, 0.4) is 0 Å². The molecule has 0 saturated carbocycles. The van der Waals surface area contributed by atoms with Crippen LogP contribution >= 0.6 is 0 Å². The summed E-state index contributed by atoms with van der Waals surface area (Å²) in [6, 6.07) is 8.76. The van der Waals surface area contributed by atoms with Crippen LogP contribution in [0.1, 0.15) is 37.7 Å². The van der Waals surface area contributed by atoms with Gasteiger partial charge in [0.05, 0.1) is 7.11 Å². The van der Waals surface area contributed by atoms with E-state index in [1.165, 1.54) is 7.11 Å². The number of methoxy groups -OCH3 is 1. The lowest BCUT2D eigenvalue weighted by Gasteiger charge is -2.14. The molecule has 0 heterocycles. The molecule has 2 amide bonds. The van der Waals surface area contributed by atoms with Crippen molar-refractivity contribution in [3.05, 3.63) is 48.6 Å². The van der Waals surface area contributed by atoms with Crippen molar-refractivity contribution in [2.24, 2.45) is 0 Å². The molecule has 1 aromatic rings. The van der Waals surface area contributed by atoms with E-state index in [9.17, 15) is 14.4 Å². The lowest BCUT2D eigenvalue weighted by atomic mass is 10.1. The molecular weight excluding hydrogens is 348 g/mol. The van der Waals surface area contributed by atoms with E-state index in [0.29, 0.717) is 25.8 Å². The summed E-state index contributed by atoms with van der Waals surface area (Å²) in [5.41, 5.74) is 0.931. The second-order valence-electron chi connectivity index (χ2n) is 5.97. The van der Waals surface area contributed by atoms with Gasteiger partial charge < -0.3 is 20.1 Å². The summed E-state index contributed by atoms with van der Waals surface area (Å²) in [4.78, 5) is 35.0. The highest BCUT2D eigenvalue weighted by atomic mass is 16.5. The number of carbonyl (C=O) groups excluding carboxylic acids is 3. The average Bonchev–Trinajstić information content (AvgIpc) is 2.68. The fourth-order valence-electron chi connectivity index (χ4n) is 2.34. The maximum atomic E-state index is 11.9. The van der Waals surface area contributed by atoms with Crippen LogP contribution in [-0.2, 0) is 25.7 Å². The normalized spacial score (nSPS) is 11.1. The predicted octanol–water partition coefficient (Wildman–Crippen LogP) is 2.71. The maximum absolute atomic E-state index is 11.9. The lowest BCUT2D eigenvalue weighted by molar-refractivity contribution is -0.145. The molecule has 148 valence electrons. The van der Waals surface area contributed by atoms with Crippen LogP contribution in [0.15, 0.2) is 43.0 Å². The van der Waals surface area contributed by atoms with Gasteiger partial charge in [-0.15, -0.1) is 6.58 Å². The van der Waals surface area contributed by atoms with Crippen molar-refractivity contribution in [1.29, 1.82) is 0 Å². The Morgan fingerprint density at radius 2 is 1.89 bits per heavy atom. The predicted molar refractivity (Wildman–Crippen MR) is 102 cm³/mol. The molecule has 7 heteroatoms. The molecule has 0 fully saturated rings. The molecule has 0 bridgehead atoms. The van der Waals surface area contributed by atoms with Gasteiger partial charge in [0, 0.05) is 13.0 Å². The molecule has 1 rings (SSSR count). The first kappa shape index (κ1) is 22.2. The molecule has 0 aliphatic heterocycles. The van der Waals surface area contributed by atoms with E-state index in [0.717, 1.165) is 18.4 Å². The van der Waals surface area contributed by atoms with Crippen LogP contribution in [0.5, 0.6) is 0 Å². The SMILES string of the molecule is C=CC[C@@H](NC(=O)CCCCCNC(=O)OCc1ccccc1)C(=O)OC. The van der Waals surface area contributed by atoms with E-state index < -0.39 is 18.1 Å². The minimum Gasteiger partial charge on any atom is -0.467 e. The van der Waals surface area contributed by atoms with E-state index in [2.05, 4.69) is 21.9 Å². The van der Waals surface area contributed by atoms with Gasteiger partial charge >= 0.3 is 12.1 Å². The van der Waals surface area contributed by atoms with Gasteiger partial charge in [-0.1, -0.05) is 42.8 Å². The number of carbonyl (C=O) groups is 3. The third-order valence-electron chi connectivity index (χ3n) is 3.79. The number of hydrogen-bond donors (Lipinski definition) is 2. The van der Waals surface area contributed by atoms with Crippen molar-refractivity contribution in [2.75, 3.05) is 13.7 Å². The number of hydrogen-bond acceptors (Lipinski definition) is 5. The molecule has 0 radical (unpaired) electrons. The van der Waals surface area contributed by atoms with Crippen LogP contribution in [0, 0.1) is 0 Å². The number of rotatable bonds is 12. The Labute approximate surface area is 160 Å². The average molecular weight is 376 g/mol. The van der Waals surface area contributed by atoms with Crippen molar-refractivity contribution in [1.82, 2.24) is 10.6 Å². The Balaban J connectivity index is 2.08. The summed E-state index contributed by atoms with van der Waals surface area (Å²) in [7, 11) is 1.28. The van der Waals surface area contributed by atoms with Crippen molar-refractivity contribution >= 4 is 18.0 Å². The van der Waals surface area contributed by atoms with Gasteiger partial charge in [0.1, 0.15) is 12.6 Å². The highest BCUT2D eigenvalue weighted by Gasteiger charge is 2.19. The molecule has 1 atom stereocenters. The number of nitrogens with one attached hydrogen (secondary N) is 2. The van der Waals surface area contributed by atoms with E-state index in [-0.39, 0.29) is 12.5 Å². The topological polar surface area (TPSA) is 93.7 Å². The Kier molecular flexibility index (Phi) is 11.0. The van der Waals surface area contributed by atoms with Crippen LogP contribution in [0.2, 0.25) is 0 Å². The lowest BCUT2D eigenvalue weighted by Crippen LogP contribution is -2.41. The summed E-state index contributed by atoms with van der Waals surface area (Å²) in [6.45, 7) is 4.28. The van der Waals surface area contributed by atoms with Gasteiger partial charge in [0.25, 0.3) is 0 Å². The summed E-state index contributed by atoms with van der Waals surface area (Å²) in [5.74, 6) is -0.691. The van der Waals surface area contributed by atoms with Crippen molar-refractivity contribution in [3.63, 3.8) is 0 Å². The fraction of sp³-hybridized carbons (Fsp3) is 0.450. The maximum Gasteiger partial charge on any atom is 0.407 e. The largest absolute Gasteiger partial charge is 0.467 e. The Bertz CT molecular complexity index is 604. The third kappa shape index (κ3) is 10.0. The monoisotopic (exact) mass is 376 g/mol. The Hall–Kier alpha value is -2.83. The zero-order valence-corrected chi connectivity index (χ0v) is 15.7. The molecule has 0 unspecified atom stereocenters. The second kappa shape index (κ2) is 13.4. The molecule has 0 saturated heterocycles. The van der Waals surface area contributed by atoms with Gasteiger partial charge in [-0.2, -0.15) is 0 Å². The highest BCUT2D eigenvalue weighted by Crippen LogP contribution is 2.03. The van der Waals surface area contributed by atoms with E-state index in [1.54, 1.807) is 6.08 Å². The standard InChI is InChI=1S/C20H28N2O5/c1-3-10-17(19(24)26-2)22-18(23)13-8-5-9-14-21-20(25)27-15-16-11-6-4-7-12-16/h3-4,6-7,11-12,17H,1,5,8-10,13-15H2,2H3,(H,21,25)(H,22,23)/t17-/m1/s1. The van der Waals surface area contributed by atoms with E-state index in [4.69, 9.17) is 4.74 Å². The van der Waals surface area contributed by atoms with Gasteiger partial charge in [0.15, 0.2) is 0 Å².